The van der Waals surface area contributed by atoms with E-state index in [1.807, 2.05) is 0 Å². The van der Waals surface area contributed by atoms with Crippen LogP contribution in [0.3, 0.4) is 0 Å². The van der Waals surface area contributed by atoms with Crippen LogP contribution in [0.2, 0.25) is 0 Å². The number of hydrogen-bond acceptors (Lipinski definition) is 4. The predicted molar refractivity (Wildman–Crippen MR) is 73.3 cm³/mol. The number of esters is 1. The molecule has 0 aromatic carbocycles. The maximum absolute atomic E-state index is 11.2. The molecular formula is C15H24N2O2. The number of carbonyl (C=O) groups excluding carboxylic acids is 1. The zero-order valence-electron chi connectivity index (χ0n) is 12.3. The number of ether oxygens (including phenoxy) is 1. The Labute approximate surface area is 115 Å². The standard InChI is InChI=1S/C15H24N2O2/c1-10(18)19-11-5-6-13-12(9-11)15(2)7-8-16(3)14(15)17(13)4/h6,11-12,14H,5,7-9H2,1-4H3. The average molecular weight is 264 g/mol. The van der Waals surface area contributed by atoms with Gasteiger partial charge in [0, 0.05) is 44.0 Å². The first kappa shape index (κ1) is 13.0. The Morgan fingerprint density at radius 2 is 2.21 bits per heavy atom. The molecule has 0 amide bonds. The summed E-state index contributed by atoms with van der Waals surface area (Å²) >= 11 is 0. The molecule has 0 N–H and O–H groups in total. The van der Waals surface area contributed by atoms with E-state index in [9.17, 15) is 4.79 Å². The van der Waals surface area contributed by atoms with E-state index in [1.165, 1.54) is 19.0 Å². The molecule has 4 unspecified atom stereocenters. The van der Waals surface area contributed by atoms with Crippen LogP contribution in [-0.4, -0.2) is 48.7 Å². The van der Waals surface area contributed by atoms with Gasteiger partial charge < -0.3 is 9.64 Å². The van der Waals surface area contributed by atoms with Crippen LogP contribution in [0, 0.1) is 11.3 Å². The largest absolute Gasteiger partial charge is 0.462 e. The third kappa shape index (κ3) is 1.80. The first-order valence-electron chi connectivity index (χ1n) is 7.24. The van der Waals surface area contributed by atoms with Crippen molar-refractivity contribution in [1.29, 1.82) is 0 Å². The van der Waals surface area contributed by atoms with Crippen LogP contribution in [-0.2, 0) is 9.53 Å². The lowest BCUT2D eigenvalue weighted by molar-refractivity contribution is -0.147. The number of allylic oxidation sites excluding steroid dienone is 1. The molecule has 4 atom stereocenters. The Hall–Kier alpha value is -1.03. The minimum atomic E-state index is -0.154. The second-order valence-electron chi connectivity index (χ2n) is 6.61. The summed E-state index contributed by atoms with van der Waals surface area (Å²) in [6.07, 6.45) is 5.94. The monoisotopic (exact) mass is 264 g/mol. The van der Waals surface area contributed by atoms with Gasteiger partial charge in [0.2, 0.25) is 0 Å². The minimum absolute atomic E-state index is 0.0705. The lowest BCUT2D eigenvalue weighted by Crippen LogP contribution is -2.42. The van der Waals surface area contributed by atoms with Gasteiger partial charge in [0.1, 0.15) is 6.10 Å². The van der Waals surface area contributed by atoms with Crippen LogP contribution in [0.5, 0.6) is 0 Å². The third-order valence-electron chi connectivity index (χ3n) is 5.36. The van der Waals surface area contributed by atoms with E-state index in [1.54, 1.807) is 0 Å². The fourth-order valence-corrected chi connectivity index (χ4v) is 4.61. The third-order valence-corrected chi connectivity index (χ3v) is 5.36. The molecular weight excluding hydrogens is 240 g/mol. The Kier molecular flexibility index (Phi) is 2.89. The normalized spacial score (nSPS) is 41.8. The minimum Gasteiger partial charge on any atom is -0.462 e. The van der Waals surface area contributed by atoms with Gasteiger partial charge in [-0.15, -0.1) is 0 Å². The molecule has 0 aromatic rings. The zero-order valence-corrected chi connectivity index (χ0v) is 12.3. The molecule has 2 heterocycles. The van der Waals surface area contributed by atoms with Gasteiger partial charge in [-0.25, -0.2) is 0 Å². The van der Waals surface area contributed by atoms with Crippen molar-refractivity contribution >= 4 is 5.97 Å². The Morgan fingerprint density at radius 1 is 1.47 bits per heavy atom. The first-order valence-corrected chi connectivity index (χ1v) is 7.24. The number of carbonyl (C=O) groups is 1. The Balaban J connectivity index is 1.87. The number of hydrogen-bond donors (Lipinski definition) is 0. The summed E-state index contributed by atoms with van der Waals surface area (Å²) < 4.78 is 5.44. The molecule has 2 fully saturated rings. The van der Waals surface area contributed by atoms with E-state index in [2.05, 4.69) is 36.9 Å². The first-order chi connectivity index (χ1) is 8.93. The summed E-state index contributed by atoms with van der Waals surface area (Å²) in [7, 11) is 4.43. The Morgan fingerprint density at radius 3 is 2.89 bits per heavy atom. The quantitative estimate of drug-likeness (QED) is 0.676. The van der Waals surface area contributed by atoms with Gasteiger partial charge >= 0.3 is 5.97 Å². The van der Waals surface area contributed by atoms with Crippen molar-refractivity contribution in [3.63, 3.8) is 0 Å². The lowest BCUT2D eigenvalue weighted by atomic mass is 9.71. The van der Waals surface area contributed by atoms with Crippen LogP contribution in [0.25, 0.3) is 0 Å². The average Bonchev–Trinajstić information content (AvgIpc) is 2.75. The molecule has 19 heavy (non-hydrogen) atoms. The maximum Gasteiger partial charge on any atom is 0.302 e. The van der Waals surface area contributed by atoms with Gasteiger partial charge in [0.15, 0.2) is 0 Å². The zero-order chi connectivity index (χ0) is 13.8. The van der Waals surface area contributed by atoms with Gasteiger partial charge in [0.05, 0.1) is 6.17 Å². The van der Waals surface area contributed by atoms with Gasteiger partial charge in [0.25, 0.3) is 0 Å². The van der Waals surface area contributed by atoms with E-state index >= 15 is 0 Å². The molecule has 0 aromatic heterocycles. The molecule has 0 bridgehead atoms. The van der Waals surface area contributed by atoms with E-state index < -0.39 is 0 Å². The molecule has 3 rings (SSSR count). The second-order valence-corrected chi connectivity index (χ2v) is 6.61. The van der Waals surface area contributed by atoms with E-state index in [-0.39, 0.29) is 12.1 Å². The van der Waals surface area contributed by atoms with Crippen LogP contribution in [0.1, 0.15) is 33.1 Å². The van der Waals surface area contributed by atoms with E-state index in [0.29, 0.717) is 17.5 Å². The van der Waals surface area contributed by atoms with Gasteiger partial charge in [-0.3, -0.25) is 9.69 Å². The van der Waals surface area contributed by atoms with Crippen LogP contribution in [0.4, 0.5) is 0 Å². The van der Waals surface area contributed by atoms with Gasteiger partial charge in [-0.05, 0) is 19.9 Å². The molecule has 4 nitrogen and oxygen atoms in total. The molecule has 3 aliphatic rings. The van der Waals surface area contributed by atoms with Crippen molar-refractivity contribution in [2.24, 2.45) is 11.3 Å². The number of nitrogens with zero attached hydrogens (tertiary/aromatic N) is 2. The molecule has 1 aliphatic carbocycles. The van der Waals surface area contributed by atoms with Crippen molar-refractivity contribution in [3.05, 3.63) is 11.8 Å². The fraction of sp³-hybridized carbons (Fsp3) is 0.800. The second kappa shape index (κ2) is 4.23. The predicted octanol–water partition coefficient (Wildman–Crippen LogP) is 1.83. The van der Waals surface area contributed by atoms with Crippen LogP contribution in [0.15, 0.2) is 11.8 Å². The molecule has 2 aliphatic heterocycles. The highest BCUT2D eigenvalue weighted by Gasteiger charge is 2.58. The highest BCUT2D eigenvalue weighted by Crippen LogP contribution is 2.56. The fourth-order valence-electron chi connectivity index (χ4n) is 4.61. The van der Waals surface area contributed by atoms with E-state index in [4.69, 9.17) is 4.74 Å². The molecule has 0 radical (unpaired) electrons. The SMILES string of the molecule is CC(=O)OC1CC=C2C(C1)C1(C)CCN(C)C1N2C. The summed E-state index contributed by atoms with van der Waals surface area (Å²) in [4.78, 5) is 16.1. The Bertz CT molecular complexity index is 434. The molecule has 106 valence electrons. The van der Waals surface area contributed by atoms with Gasteiger partial charge in [-0.1, -0.05) is 13.0 Å². The van der Waals surface area contributed by atoms with Crippen molar-refractivity contribution in [3.8, 4) is 0 Å². The lowest BCUT2D eigenvalue weighted by Gasteiger charge is -2.34. The highest BCUT2D eigenvalue weighted by atomic mass is 16.5. The molecule has 4 heteroatoms. The number of fused-ring (bicyclic) bond motifs is 3. The van der Waals surface area contributed by atoms with Crippen molar-refractivity contribution in [1.82, 2.24) is 9.80 Å². The summed E-state index contributed by atoms with van der Waals surface area (Å²) in [6.45, 7) is 5.07. The smallest absolute Gasteiger partial charge is 0.302 e. The van der Waals surface area contributed by atoms with Crippen LogP contribution >= 0.6 is 0 Å². The van der Waals surface area contributed by atoms with Gasteiger partial charge in [-0.2, -0.15) is 0 Å². The van der Waals surface area contributed by atoms with Crippen molar-refractivity contribution < 1.29 is 9.53 Å². The maximum atomic E-state index is 11.2. The summed E-state index contributed by atoms with van der Waals surface area (Å²) in [5, 5.41) is 0. The van der Waals surface area contributed by atoms with Crippen molar-refractivity contribution in [2.45, 2.75) is 45.4 Å². The highest BCUT2D eigenvalue weighted by molar-refractivity contribution is 5.66. The molecule has 0 saturated carbocycles. The number of likely N-dealkylation sites (tertiary alicyclic amines) is 2. The number of rotatable bonds is 1. The van der Waals surface area contributed by atoms with Crippen LogP contribution < -0.4 is 0 Å². The van der Waals surface area contributed by atoms with E-state index in [0.717, 1.165) is 19.4 Å². The summed E-state index contributed by atoms with van der Waals surface area (Å²) in [5.41, 5.74) is 1.76. The van der Waals surface area contributed by atoms with Crippen molar-refractivity contribution in [2.75, 3.05) is 20.6 Å². The molecule has 0 spiro atoms. The summed E-state index contributed by atoms with van der Waals surface area (Å²) in [5.74, 6) is 0.379. The molecule has 2 saturated heterocycles. The topological polar surface area (TPSA) is 32.8 Å². The summed E-state index contributed by atoms with van der Waals surface area (Å²) in [6, 6.07) is 0.